The SMILES string of the molecule is CC(C)=CCCC(C)C1CCC2C3CCC4CC(c5ccc(Oc6ccc(N)cc6)cc5)(c5ccc(Oc6ccc(N)cc6)cc5)CCC4(C)C3CCC12C. The van der Waals surface area contributed by atoms with Gasteiger partial charge in [0, 0.05) is 16.8 Å². The number of ether oxygens (including phenoxy) is 2. The predicted octanol–water partition coefficient (Wildman–Crippen LogP) is 13.8. The minimum atomic E-state index is -0.0706. The minimum absolute atomic E-state index is 0.0706. The molecule has 4 saturated carbocycles. The highest BCUT2D eigenvalue weighted by Gasteiger charge is 2.62. The third kappa shape index (κ3) is 7.20. The molecule has 4 fully saturated rings. The van der Waals surface area contributed by atoms with Gasteiger partial charge < -0.3 is 20.9 Å². The molecule has 0 heterocycles. The summed E-state index contributed by atoms with van der Waals surface area (Å²) >= 11 is 0. The molecule has 8 rings (SSSR count). The second-order valence-electron chi connectivity index (χ2n) is 18.9. The molecule has 4 aliphatic rings. The Labute approximate surface area is 331 Å². The Kier molecular flexibility index (Phi) is 10.3. The summed E-state index contributed by atoms with van der Waals surface area (Å²) < 4.78 is 12.5. The molecule has 0 saturated heterocycles. The van der Waals surface area contributed by atoms with Gasteiger partial charge in [0.2, 0.25) is 0 Å². The summed E-state index contributed by atoms with van der Waals surface area (Å²) in [5, 5.41) is 0. The van der Waals surface area contributed by atoms with Gasteiger partial charge in [-0.1, -0.05) is 56.7 Å². The molecule has 4 aliphatic carbocycles. The first-order valence-electron chi connectivity index (χ1n) is 21.4. The number of anilines is 2. The molecule has 4 N–H and O–H groups in total. The zero-order valence-corrected chi connectivity index (χ0v) is 34.0. The molecule has 55 heavy (non-hydrogen) atoms. The average Bonchev–Trinajstić information content (AvgIpc) is 3.54. The van der Waals surface area contributed by atoms with Gasteiger partial charge >= 0.3 is 0 Å². The van der Waals surface area contributed by atoms with Crippen molar-refractivity contribution in [1.29, 1.82) is 0 Å². The van der Waals surface area contributed by atoms with E-state index in [1.165, 1.54) is 80.9 Å². The monoisotopic (exact) mass is 736 g/mol. The summed E-state index contributed by atoms with van der Waals surface area (Å²) in [5.41, 5.74) is 18.4. The Bertz CT molecular complexity index is 1850. The molecule has 0 spiro atoms. The van der Waals surface area contributed by atoms with Crippen molar-refractivity contribution in [2.24, 2.45) is 46.3 Å². The van der Waals surface area contributed by atoms with Crippen LogP contribution < -0.4 is 20.9 Å². The van der Waals surface area contributed by atoms with Crippen LogP contribution in [-0.4, -0.2) is 0 Å². The van der Waals surface area contributed by atoms with Gasteiger partial charge in [0.05, 0.1) is 0 Å². The fraction of sp³-hybridized carbons (Fsp3) is 0.490. The standard InChI is InChI=1S/C51H64N2O2/c1-34(2)7-6-8-35(3)46-27-28-47-45-26-13-38-33-51(32-31-49(38,4)48(45)29-30-50(46,47)5,36-9-18-41(19-10-36)54-43-22-14-39(52)15-23-43)37-11-20-42(21-12-37)55-44-24-16-40(53)17-25-44/h7,9-12,14-25,35,38,45-48H,6,8,13,26-33,52-53H2,1-5H3. The van der Waals surface area contributed by atoms with Crippen LogP contribution in [0.1, 0.15) is 116 Å². The summed E-state index contributed by atoms with van der Waals surface area (Å²) in [5.74, 6) is 8.32. The van der Waals surface area contributed by atoms with E-state index in [1.807, 2.05) is 48.5 Å². The number of hydrogen-bond donors (Lipinski definition) is 2. The molecule has 8 unspecified atom stereocenters. The van der Waals surface area contributed by atoms with Crippen molar-refractivity contribution in [2.45, 2.75) is 111 Å². The van der Waals surface area contributed by atoms with Crippen LogP contribution >= 0.6 is 0 Å². The summed E-state index contributed by atoms with van der Waals surface area (Å²) in [6.45, 7) is 12.5. The van der Waals surface area contributed by atoms with Crippen LogP contribution in [0, 0.1) is 46.3 Å². The smallest absolute Gasteiger partial charge is 0.127 e. The number of benzene rings is 4. The topological polar surface area (TPSA) is 70.5 Å². The zero-order valence-electron chi connectivity index (χ0n) is 34.0. The van der Waals surface area contributed by atoms with Gasteiger partial charge in [0.25, 0.3) is 0 Å². The van der Waals surface area contributed by atoms with Crippen LogP contribution in [0.5, 0.6) is 23.0 Å². The Morgan fingerprint density at radius 1 is 0.636 bits per heavy atom. The van der Waals surface area contributed by atoms with Crippen molar-refractivity contribution < 1.29 is 9.47 Å². The molecule has 4 heteroatoms. The van der Waals surface area contributed by atoms with Crippen molar-refractivity contribution >= 4 is 11.4 Å². The van der Waals surface area contributed by atoms with E-state index >= 15 is 0 Å². The van der Waals surface area contributed by atoms with Gasteiger partial charge in [0.1, 0.15) is 23.0 Å². The number of fused-ring (bicyclic) bond motifs is 5. The van der Waals surface area contributed by atoms with E-state index in [0.29, 0.717) is 16.7 Å². The highest BCUT2D eigenvalue weighted by atomic mass is 16.5. The number of allylic oxidation sites excluding steroid dienone is 2. The van der Waals surface area contributed by atoms with Crippen LogP contribution in [0.4, 0.5) is 11.4 Å². The average molecular weight is 737 g/mol. The van der Waals surface area contributed by atoms with Crippen LogP contribution in [-0.2, 0) is 5.41 Å². The zero-order chi connectivity index (χ0) is 38.4. The van der Waals surface area contributed by atoms with Gasteiger partial charge in [-0.15, -0.1) is 0 Å². The van der Waals surface area contributed by atoms with Gasteiger partial charge in [-0.25, -0.2) is 0 Å². The van der Waals surface area contributed by atoms with Crippen molar-refractivity contribution in [2.75, 3.05) is 11.5 Å². The quantitative estimate of drug-likeness (QED) is 0.126. The van der Waals surface area contributed by atoms with Gasteiger partial charge in [-0.05, 0) is 215 Å². The summed E-state index contributed by atoms with van der Waals surface area (Å²) in [6.07, 6.45) is 17.2. The second-order valence-corrected chi connectivity index (χ2v) is 18.9. The molecule has 0 aromatic heterocycles. The van der Waals surface area contributed by atoms with E-state index in [4.69, 9.17) is 20.9 Å². The molecule has 4 aromatic carbocycles. The maximum absolute atomic E-state index is 6.27. The Hall–Kier alpha value is -4.18. The fourth-order valence-electron chi connectivity index (χ4n) is 12.8. The molecule has 0 radical (unpaired) electrons. The van der Waals surface area contributed by atoms with Gasteiger partial charge in [-0.3, -0.25) is 0 Å². The number of hydrogen-bond acceptors (Lipinski definition) is 4. The lowest BCUT2D eigenvalue weighted by atomic mass is 9.42. The fourth-order valence-corrected chi connectivity index (χ4v) is 12.8. The molecule has 8 atom stereocenters. The molecule has 4 aromatic rings. The van der Waals surface area contributed by atoms with E-state index < -0.39 is 0 Å². The third-order valence-electron chi connectivity index (χ3n) is 15.7. The van der Waals surface area contributed by atoms with Crippen molar-refractivity contribution in [1.82, 2.24) is 0 Å². The molecule has 4 nitrogen and oxygen atoms in total. The van der Waals surface area contributed by atoms with E-state index in [2.05, 4.69) is 89.2 Å². The second kappa shape index (κ2) is 15.1. The summed E-state index contributed by atoms with van der Waals surface area (Å²) in [7, 11) is 0. The minimum Gasteiger partial charge on any atom is -0.457 e. The van der Waals surface area contributed by atoms with Crippen LogP contribution in [0.3, 0.4) is 0 Å². The van der Waals surface area contributed by atoms with E-state index in [1.54, 1.807) is 0 Å². The lowest BCUT2D eigenvalue weighted by Crippen LogP contribution is -2.55. The number of rotatable bonds is 10. The summed E-state index contributed by atoms with van der Waals surface area (Å²) in [6, 6.07) is 33.3. The Balaban J connectivity index is 1.05. The van der Waals surface area contributed by atoms with E-state index in [9.17, 15) is 0 Å². The van der Waals surface area contributed by atoms with Crippen LogP contribution in [0.25, 0.3) is 0 Å². The van der Waals surface area contributed by atoms with Gasteiger partial charge in [0.15, 0.2) is 0 Å². The molecule has 0 bridgehead atoms. The van der Waals surface area contributed by atoms with E-state index in [-0.39, 0.29) is 5.41 Å². The first kappa shape index (κ1) is 37.7. The molecule has 290 valence electrons. The highest BCUT2D eigenvalue weighted by Crippen LogP contribution is 2.70. The molecule has 0 amide bonds. The first-order chi connectivity index (χ1) is 26.5. The Morgan fingerprint density at radius 3 is 1.67 bits per heavy atom. The van der Waals surface area contributed by atoms with Crippen molar-refractivity contribution in [3.8, 4) is 23.0 Å². The highest BCUT2D eigenvalue weighted by molar-refractivity contribution is 5.48. The predicted molar refractivity (Wildman–Crippen MR) is 229 cm³/mol. The normalized spacial score (nSPS) is 29.9. The molecular formula is C51H64N2O2. The maximum Gasteiger partial charge on any atom is 0.127 e. The van der Waals surface area contributed by atoms with Crippen LogP contribution in [0.2, 0.25) is 0 Å². The van der Waals surface area contributed by atoms with Crippen LogP contribution in [0.15, 0.2) is 109 Å². The lowest BCUT2D eigenvalue weighted by Gasteiger charge is -2.63. The lowest BCUT2D eigenvalue weighted by molar-refractivity contribution is -0.122. The molecule has 0 aliphatic heterocycles. The van der Waals surface area contributed by atoms with Gasteiger partial charge in [-0.2, -0.15) is 0 Å². The van der Waals surface area contributed by atoms with E-state index in [0.717, 1.165) is 70.4 Å². The molecular weight excluding hydrogens is 673 g/mol. The van der Waals surface area contributed by atoms with Crippen molar-refractivity contribution in [3.05, 3.63) is 120 Å². The first-order valence-corrected chi connectivity index (χ1v) is 21.4. The maximum atomic E-state index is 6.27. The van der Waals surface area contributed by atoms with Crippen molar-refractivity contribution in [3.63, 3.8) is 0 Å². The third-order valence-corrected chi connectivity index (χ3v) is 15.7. The summed E-state index contributed by atoms with van der Waals surface area (Å²) in [4.78, 5) is 0. The largest absolute Gasteiger partial charge is 0.457 e. The number of nitrogens with two attached hydrogens (primary N) is 2. The number of nitrogen functional groups attached to an aromatic ring is 2. The Morgan fingerprint density at radius 2 is 1.15 bits per heavy atom.